The van der Waals surface area contributed by atoms with Crippen LogP contribution >= 0.6 is 11.6 Å². The second-order valence-corrected chi connectivity index (χ2v) is 8.15. The van der Waals surface area contributed by atoms with E-state index in [-0.39, 0.29) is 22.9 Å². The molecule has 1 aromatic carbocycles. The average molecular weight is 349 g/mol. The summed E-state index contributed by atoms with van der Waals surface area (Å²) in [4.78, 5) is 11.5. The van der Waals surface area contributed by atoms with Gasteiger partial charge in [0.25, 0.3) is 0 Å². The van der Waals surface area contributed by atoms with Crippen molar-refractivity contribution < 1.29 is 9.53 Å². The van der Waals surface area contributed by atoms with Crippen LogP contribution in [0.4, 0.5) is 0 Å². The Labute approximate surface area is 151 Å². The lowest BCUT2D eigenvalue weighted by molar-refractivity contribution is -0.123. The molecule has 1 aliphatic heterocycles. The molecule has 0 amide bonds. The lowest BCUT2D eigenvalue weighted by Crippen LogP contribution is -2.31. The first-order valence-corrected chi connectivity index (χ1v) is 9.27. The summed E-state index contributed by atoms with van der Waals surface area (Å²) in [5, 5.41) is -0.0378. The Morgan fingerprint density at radius 2 is 2.08 bits per heavy atom. The van der Waals surface area contributed by atoms with Crippen LogP contribution in [0.3, 0.4) is 0 Å². The predicted molar refractivity (Wildman–Crippen MR) is 101 cm³/mol. The van der Waals surface area contributed by atoms with Gasteiger partial charge in [0.15, 0.2) is 0 Å². The van der Waals surface area contributed by atoms with Crippen LogP contribution in [-0.2, 0) is 9.53 Å². The Bertz CT molecular complexity index is 568. The molecule has 1 heterocycles. The second kappa shape index (κ2) is 8.31. The molecule has 1 aromatic rings. The zero-order chi connectivity index (χ0) is 17.7. The molecular formula is C21H29ClO2. The molecule has 0 saturated carbocycles. The van der Waals surface area contributed by atoms with Crippen LogP contribution in [0.1, 0.15) is 52.5 Å². The molecule has 0 unspecified atom stereocenters. The first-order chi connectivity index (χ1) is 11.3. The Balaban J connectivity index is 1.90. The van der Waals surface area contributed by atoms with Gasteiger partial charge in [0.1, 0.15) is 5.78 Å². The lowest BCUT2D eigenvalue weighted by Gasteiger charge is -2.26. The van der Waals surface area contributed by atoms with E-state index in [1.165, 1.54) is 5.56 Å². The molecule has 0 spiro atoms. The van der Waals surface area contributed by atoms with Crippen LogP contribution in [0.2, 0.25) is 0 Å². The molecule has 0 aromatic heterocycles. The van der Waals surface area contributed by atoms with Crippen LogP contribution in [0.15, 0.2) is 36.4 Å². The third kappa shape index (κ3) is 5.46. The molecular weight excluding hydrogens is 320 g/mol. The molecule has 0 bridgehead atoms. The van der Waals surface area contributed by atoms with Gasteiger partial charge in [-0.2, -0.15) is 0 Å². The maximum Gasteiger partial charge on any atom is 0.132 e. The molecule has 1 aliphatic rings. The van der Waals surface area contributed by atoms with Crippen LogP contribution in [0.25, 0.3) is 6.08 Å². The fourth-order valence-corrected chi connectivity index (χ4v) is 4.35. The zero-order valence-corrected chi connectivity index (χ0v) is 15.9. The van der Waals surface area contributed by atoms with Gasteiger partial charge in [-0.1, -0.05) is 56.3 Å². The topological polar surface area (TPSA) is 26.3 Å². The smallest absolute Gasteiger partial charge is 0.132 e. The largest absolute Gasteiger partial charge is 0.370 e. The molecule has 2 rings (SSSR count). The molecule has 1 saturated heterocycles. The highest BCUT2D eigenvalue weighted by Gasteiger charge is 2.44. The van der Waals surface area contributed by atoms with Crippen molar-refractivity contribution in [2.75, 3.05) is 0 Å². The second-order valence-electron chi connectivity index (χ2n) is 7.59. The van der Waals surface area contributed by atoms with E-state index in [0.29, 0.717) is 18.3 Å². The highest BCUT2D eigenvalue weighted by atomic mass is 35.5. The van der Waals surface area contributed by atoms with Gasteiger partial charge in [-0.15, -0.1) is 11.6 Å². The Kier molecular flexibility index (Phi) is 6.65. The number of hydrogen-bond donors (Lipinski definition) is 0. The van der Waals surface area contributed by atoms with Crippen LogP contribution in [0.5, 0.6) is 0 Å². The number of benzene rings is 1. The van der Waals surface area contributed by atoms with E-state index in [9.17, 15) is 4.79 Å². The molecule has 132 valence electrons. The van der Waals surface area contributed by atoms with Gasteiger partial charge in [0.05, 0.1) is 17.1 Å². The van der Waals surface area contributed by atoms with E-state index in [1.807, 2.05) is 25.1 Å². The summed E-state index contributed by atoms with van der Waals surface area (Å²) in [6, 6.07) is 10.3. The van der Waals surface area contributed by atoms with Crippen molar-refractivity contribution in [1.82, 2.24) is 0 Å². The van der Waals surface area contributed by atoms with Crippen LogP contribution in [-0.4, -0.2) is 22.9 Å². The maximum atomic E-state index is 11.5. The van der Waals surface area contributed by atoms with Crippen molar-refractivity contribution in [3.63, 3.8) is 0 Å². The molecule has 0 radical (unpaired) electrons. The highest BCUT2D eigenvalue weighted by Crippen LogP contribution is 2.41. The summed E-state index contributed by atoms with van der Waals surface area (Å²) in [6.07, 6.45) is 6.61. The fraction of sp³-hybridized carbons (Fsp3) is 0.571. The van der Waals surface area contributed by atoms with Crippen LogP contribution < -0.4 is 0 Å². The van der Waals surface area contributed by atoms with E-state index in [1.54, 1.807) is 6.92 Å². The maximum absolute atomic E-state index is 11.5. The molecule has 2 nitrogen and oxygen atoms in total. The molecule has 24 heavy (non-hydrogen) atoms. The highest BCUT2D eigenvalue weighted by molar-refractivity contribution is 6.21. The van der Waals surface area contributed by atoms with Crippen molar-refractivity contribution in [2.45, 2.75) is 64.0 Å². The number of ketones is 1. The monoisotopic (exact) mass is 348 g/mol. The fourth-order valence-electron chi connectivity index (χ4n) is 3.77. The summed E-state index contributed by atoms with van der Waals surface area (Å²) in [7, 11) is 0. The third-order valence-electron chi connectivity index (χ3n) is 4.73. The number of ether oxygens (including phenoxy) is 1. The molecule has 0 aliphatic carbocycles. The van der Waals surface area contributed by atoms with Gasteiger partial charge in [-0.3, -0.25) is 4.79 Å². The number of hydrogen-bond acceptors (Lipinski definition) is 2. The summed E-state index contributed by atoms with van der Waals surface area (Å²) >= 11 is 6.68. The van der Waals surface area contributed by atoms with E-state index in [0.717, 1.165) is 12.8 Å². The van der Waals surface area contributed by atoms with Gasteiger partial charge in [-0.05, 0) is 44.1 Å². The van der Waals surface area contributed by atoms with E-state index in [2.05, 4.69) is 38.1 Å². The van der Waals surface area contributed by atoms with E-state index < -0.39 is 0 Å². The number of allylic oxidation sites excluding steroid dienone is 1. The molecule has 1 fully saturated rings. The Morgan fingerprint density at radius 3 is 2.71 bits per heavy atom. The van der Waals surface area contributed by atoms with Crippen molar-refractivity contribution in [3.05, 3.63) is 42.0 Å². The van der Waals surface area contributed by atoms with Gasteiger partial charge >= 0.3 is 0 Å². The first kappa shape index (κ1) is 19.2. The van der Waals surface area contributed by atoms with Gasteiger partial charge < -0.3 is 4.74 Å². The van der Waals surface area contributed by atoms with Gasteiger partial charge in [0, 0.05) is 6.42 Å². The number of rotatable bonds is 7. The van der Waals surface area contributed by atoms with Gasteiger partial charge in [0.2, 0.25) is 0 Å². The summed E-state index contributed by atoms with van der Waals surface area (Å²) in [5.41, 5.74) is 0.849. The minimum absolute atomic E-state index is 0.0172. The lowest BCUT2D eigenvalue weighted by atomic mass is 9.89. The zero-order valence-electron chi connectivity index (χ0n) is 15.2. The van der Waals surface area contributed by atoms with Crippen molar-refractivity contribution >= 4 is 23.5 Å². The van der Waals surface area contributed by atoms with Crippen molar-refractivity contribution in [3.8, 4) is 0 Å². The Morgan fingerprint density at radius 1 is 1.42 bits per heavy atom. The number of halogens is 1. The first-order valence-electron chi connectivity index (χ1n) is 8.83. The SMILES string of the molecule is CC(=O)C[C@]1(C)C[C@@H](C)[C@@H]([C@H](Cl)C[C@H](C)/C=C/c2ccccc2)O1. The van der Waals surface area contributed by atoms with Crippen molar-refractivity contribution in [2.24, 2.45) is 11.8 Å². The average Bonchev–Trinajstić information content (AvgIpc) is 2.80. The quantitative estimate of drug-likeness (QED) is 0.608. The molecule has 3 heteroatoms. The minimum Gasteiger partial charge on any atom is -0.370 e. The molecule has 5 atom stereocenters. The number of carbonyl (C=O) groups excluding carboxylic acids is 1. The van der Waals surface area contributed by atoms with E-state index in [4.69, 9.17) is 16.3 Å². The molecule has 0 N–H and O–H groups in total. The number of carbonyl (C=O) groups is 1. The number of Topliss-reactive ketones (excluding diaryl/α,β-unsaturated/α-hetero) is 1. The van der Waals surface area contributed by atoms with E-state index >= 15 is 0 Å². The Hall–Kier alpha value is -1.12. The van der Waals surface area contributed by atoms with Gasteiger partial charge in [-0.25, -0.2) is 0 Å². The minimum atomic E-state index is -0.355. The summed E-state index contributed by atoms with van der Waals surface area (Å²) < 4.78 is 6.22. The normalized spacial score (nSPS) is 29.7. The predicted octanol–water partition coefficient (Wildman–Crippen LogP) is 5.50. The third-order valence-corrected chi connectivity index (χ3v) is 5.15. The van der Waals surface area contributed by atoms with Crippen LogP contribution in [0, 0.1) is 11.8 Å². The standard InChI is InChI=1S/C21H29ClO2/c1-15(10-11-18-8-6-5-7-9-18)12-19(22)20-16(2)13-21(4,24-20)14-17(3)23/h5-11,15-16,19-20H,12-14H2,1-4H3/b11-10+/t15-,16-,19-,20+,21+/m1/s1. The summed E-state index contributed by atoms with van der Waals surface area (Å²) in [6.45, 7) is 8.02. The summed E-state index contributed by atoms with van der Waals surface area (Å²) in [5.74, 6) is 0.931. The number of alkyl halides is 1. The van der Waals surface area contributed by atoms with Crippen molar-refractivity contribution in [1.29, 1.82) is 0 Å².